The molecule has 64 valence electrons. The number of nitrogens with two attached hydrogens (primary N) is 1. The second-order valence-corrected chi connectivity index (χ2v) is 4.42. The molecule has 0 radical (unpaired) electrons. The fourth-order valence-electron chi connectivity index (χ4n) is 0.768. The Labute approximate surface area is 92.8 Å². The zero-order valence-electron chi connectivity index (χ0n) is 5.97. The highest BCUT2D eigenvalue weighted by atomic mass is 79.9. The van der Waals surface area contributed by atoms with Gasteiger partial charge in [0.15, 0.2) is 5.11 Å². The predicted octanol–water partition coefficient (Wildman–Crippen LogP) is 2.87. The Morgan fingerprint density at radius 3 is 2.17 bits per heavy atom. The smallest absolute Gasteiger partial charge is 0.168 e. The standard InChI is InChI=1S/C7H6Br2N2S/c8-4-1-5(9)3-6(2-4)11-7(10)12/h1-3H,(H3,10,11,12). The minimum atomic E-state index is 0.264. The zero-order chi connectivity index (χ0) is 9.14. The minimum absolute atomic E-state index is 0.264. The highest BCUT2D eigenvalue weighted by Crippen LogP contribution is 2.22. The van der Waals surface area contributed by atoms with Crippen molar-refractivity contribution in [2.75, 3.05) is 5.32 Å². The molecule has 1 rings (SSSR count). The van der Waals surface area contributed by atoms with Crippen LogP contribution >= 0.6 is 44.1 Å². The van der Waals surface area contributed by atoms with Gasteiger partial charge in [-0.1, -0.05) is 31.9 Å². The predicted molar refractivity (Wildman–Crippen MR) is 62.3 cm³/mol. The normalized spacial score (nSPS) is 9.50. The summed E-state index contributed by atoms with van der Waals surface area (Å²) in [6.45, 7) is 0. The molecule has 0 fully saturated rings. The van der Waals surface area contributed by atoms with E-state index in [0.29, 0.717) is 0 Å². The van der Waals surface area contributed by atoms with Crippen LogP contribution in [0.25, 0.3) is 0 Å². The molecule has 3 N–H and O–H groups in total. The number of halogens is 2. The number of thiocarbonyl (C=S) groups is 1. The lowest BCUT2D eigenvalue weighted by Gasteiger charge is -2.04. The van der Waals surface area contributed by atoms with Gasteiger partial charge in [0.1, 0.15) is 0 Å². The molecule has 1 aromatic carbocycles. The molecule has 0 aliphatic carbocycles. The van der Waals surface area contributed by atoms with E-state index >= 15 is 0 Å². The minimum Gasteiger partial charge on any atom is -0.376 e. The summed E-state index contributed by atoms with van der Waals surface area (Å²) >= 11 is 11.4. The first-order valence-electron chi connectivity index (χ1n) is 3.10. The first-order valence-corrected chi connectivity index (χ1v) is 5.10. The van der Waals surface area contributed by atoms with E-state index in [9.17, 15) is 0 Å². The van der Waals surface area contributed by atoms with Crippen LogP contribution < -0.4 is 11.1 Å². The molecule has 0 spiro atoms. The van der Waals surface area contributed by atoms with Gasteiger partial charge in [0.05, 0.1) is 0 Å². The van der Waals surface area contributed by atoms with E-state index in [0.717, 1.165) is 14.6 Å². The molecule has 2 nitrogen and oxygen atoms in total. The summed E-state index contributed by atoms with van der Waals surface area (Å²) in [6.07, 6.45) is 0. The van der Waals surface area contributed by atoms with Gasteiger partial charge < -0.3 is 11.1 Å². The third kappa shape index (κ3) is 3.08. The largest absolute Gasteiger partial charge is 0.376 e. The van der Waals surface area contributed by atoms with E-state index in [1.807, 2.05) is 18.2 Å². The average molecular weight is 310 g/mol. The van der Waals surface area contributed by atoms with Crippen LogP contribution in [0.4, 0.5) is 5.69 Å². The third-order valence-electron chi connectivity index (χ3n) is 1.13. The Hall–Kier alpha value is -0.130. The molecule has 0 aromatic heterocycles. The summed E-state index contributed by atoms with van der Waals surface area (Å²) in [5.41, 5.74) is 6.18. The number of hydrogen-bond donors (Lipinski definition) is 2. The van der Waals surface area contributed by atoms with Crippen molar-refractivity contribution in [1.29, 1.82) is 0 Å². The van der Waals surface area contributed by atoms with Crippen molar-refractivity contribution in [3.8, 4) is 0 Å². The lowest BCUT2D eigenvalue weighted by atomic mass is 10.3. The maximum Gasteiger partial charge on any atom is 0.168 e. The van der Waals surface area contributed by atoms with Gasteiger partial charge in [-0.15, -0.1) is 0 Å². The summed E-state index contributed by atoms with van der Waals surface area (Å²) in [5.74, 6) is 0. The van der Waals surface area contributed by atoms with Crippen molar-refractivity contribution in [3.63, 3.8) is 0 Å². The second-order valence-electron chi connectivity index (χ2n) is 2.15. The highest BCUT2D eigenvalue weighted by Gasteiger charge is 1.96. The van der Waals surface area contributed by atoms with Gasteiger partial charge in [0.25, 0.3) is 0 Å². The monoisotopic (exact) mass is 308 g/mol. The molecule has 0 aliphatic heterocycles. The van der Waals surface area contributed by atoms with Gasteiger partial charge >= 0.3 is 0 Å². The lowest BCUT2D eigenvalue weighted by molar-refractivity contribution is 1.55. The van der Waals surface area contributed by atoms with E-state index in [4.69, 9.17) is 18.0 Å². The van der Waals surface area contributed by atoms with Crippen LogP contribution in [0.1, 0.15) is 0 Å². The molecular weight excluding hydrogens is 304 g/mol. The summed E-state index contributed by atoms with van der Waals surface area (Å²) < 4.78 is 1.94. The fourth-order valence-corrected chi connectivity index (χ4v) is 2.18. The summed E-state index contributed by atoms with van der Waals surface area (Å²) in [7, 11) is 0. The van der Waals surface area contributed by atoms with Crippen molar-refractivity contribution in [3.05, 3.63) is 27.1 Å². The quantitative estimate of drug-likeness (QED) is 0.783. The van der Waals surface area contributed by atoms with Gasteiger partial charge in [-0.3, -0.25) is 0 Å². The van der Waals surface area contributed by atoms with Crippen molar-refractivity contribution in [2.45, 2.75) is 0 Å². The number of rotatable bonds is 1. The van der Waals surface area contributed by atoms with Gasteiger partial charge in [-0.2, -0.15) is 0 Å². The topological polar surface area (TPSA) is 38.0 Å². The van der Waals surface area contributed by atoms with Crippen molar-refractivity contribution >= 4 is 54.9 Å². The van der Waals surface area contributed by atoms with Gasteiger partial charge in [-0.05, 0) is 30.4 Å². The summed E-state index contributed by atoms with van der Waals surface area (Å²) in [5, 5.41) is 3.10. The molecule has 5 heteroatoms. The average Bonchev–Trinajstić information content (AvgIpc) is 1.81. The first kappa shape index (κ1) is 9.95. The molecular formula is C7H6Br2N2S. The number of nitrogens with one attached hydrogen (secondary N) is 1. The first-order chi connectivity index (χ1) is 5.58. The molecule has 0 unspecified atom stereocenters. The Kier molecular flexibility index (Phi) is 3.49. The third-order valence-corrected chi connectivity index (χ3v) is 2.15. The van der Waals surface area contributed by atoms with Crippen molar-refractivity contribution in [1.82, 2.24) is 0 Å². The zero-order valence-corrected chi connectivity index (χ0v) is 9.96. The van der Waals surface area contributed by atoms with Crippen LogP contribution in [0.5, 0.6) is 0 Å². The molecule has 1 aromatic rings. The van der Waals surface area contributed by atoms with Crippen LogP contribution in [0.2, 0.25) is 0 Å². The van der Waals surface area contributed by atoms with Gasteiger partial charge in [0, 0.05) is 14.6 Å². The van der Waals surface area contributed by atoms with E-state index in [2.05, 4.69) is 37.2 Å². The molecule has 0 aliphatic rings. The number of hydrogen-bond acceptors (Lipinski definition) is 1. The lowest BCUT2D eigenvalue weighted by Crippen LogP contribution is -2.18. The molecule has 0 amide bonds. The second kappa shape index (κ2) is 4.20. The Bertz CT molecular complexity index is 294. The molecule has 12 heavy (non-hydrogen) atoms. The van der Waals surface area contributed by atoms with Crippen LogP contribution in [0.3, 0.4) is 0 Å². The maximum atomic E-state index is 5.31. The number of anilines is 1. The molecule has 0 atom stereocenters. The van der Waals surface area contributed by atoms with Crippen molar-refractivity contribution in [2.24, 2.45) is 5.73 Å². The Morgan fingerprint density at radius 1 is 1.25 bits per heavy atom. The summed E-state index contributed by atoms with van der Waals surface area (Å²) in [6, 6.07) is 5.72. The maximum absolute atomic E-state index is 5.31. The molecule has 0 bridgehead atoms. The molecule has 0 heterocycles. The van der Waals surface area contributed by atoms with Gasteiger partial charge in [0.2, 0.25) is 0 Å². The van der Waals surface area contributed by atoms with E-state index in [1.54, 1.807) is 0 Å². The SMILES string of the molecule is NC(=S)Nc1cc(Br)cc(Br)c1. The van der Waals surface area contributed by atoms with Crippen LogP contribution in [0.15, 0.2) is 27.1 Å². The van der Waals surface area contributed by atoms with Crippen LogP contribution in [0, 0.1) is 0 Å². The number of benzene rings is 1. The highest BCUT2D eigenvalue weighted by molar-refractivity contribution is 9.11. The fraction of sp³-hybridized carbons (Fsp3) is 0. The van der Waals surface area contributed by atoms with Crippen LogP contribution in [-0.4, -0.2) is 5.11 Å². The van der Waals surface area contributed by atoms with Crippen LogP contribution in [-0.2, 0) is 0 Å². The van der Waals surface area contributed by atoms with Gasteiger partial charge in [-0.25, -0.2) is 0 Å². The Balaban J connectivity index is 2.93. The van der Waals surface area contributed by atoms with E-state index < -0.39 is 0 Å². The van der Waals surface area contributed by atoms with E-state index in [-0.39, 0.29) is 5.11 Å². The Morgan fingerprint density at radius 2 is 1.75 bits per heavy atom. The van der Waals surface area contributed by atoms with E-state index in [1.165, 1.54) is 0 Å². The molecule has 0 saturated heterocycles. The summed E-state index contributed by atoms with van der Waals surface area (Å²) in [4.78, 5) is 0. The molecule has 0 saturated carbocycles. The van der Waals surface area contributed by atoms with Crippen molar-refractivity contribution < 1.29 is 0 Å².